The summed E-state index contributed by atoms with van der Waals surface area (Å²) in [6.07, 6.45) is 5.10. The molecule has 3 aromatic rings. The molecule has 0 radical (unpaired) electrons. The normalized spacial score (nSPS) is 16.8. The first-order valence-electron chi connectivity index (χ1n) is 10.9. The Labute approximate surface area is 201 Å². The van der Waals surface area contributed by atoms with Gasteiger partial charge < -0.3 is 9.80 Å². The van der Waals surface area contributed by atoms with E-state index in [2.05, 4.69) is 9.97 Å². The van der Waals surface area contributed by atoms with Gasteiger partial charge in [-0.15, -0.1) is 11.3 Å². The Morgan fingerprint density at radius 1 is 0.941 bits per heavy atom. The van der Waals surface area contributed by atoms with Crippen LogP contribution in [0, 0.1) is 0 Å². The number of piperazine rings is 1. The number of nitrogens with zero attached hydrogens (tertiary/aromatic N) is 5. The number of thiophene rings is 1. The summed E-state index contributed by atoms with van der Waals surface area (Å²) in [4.78, 5) is 38.3. The number of carbonyl (C=O) groups excluding carboxylic acids is 2. The Hall–Kier alpha value is -3.15. The van der Waals surface area contributed by atoms with Crippen molar-refractivity contribution in [3.63, 3.8) is 0 Å². The lowest BCUT2D eigenvalue weighted by Gasteiger charge is -2.34. The number of benzene rings is 1. The Balaban J connectivity index is 1.27. The monoisotopic (exact) mass is 497 g/mol. The maximum Gasteiger partial charge on any atom is 0.274 e. The second-order valence-corrected chi connectivity index (χ2v) is 11.1. The fourth-order valence-corrected chi connectivity index (χ4v) is 6.59. The highest BCUT2D eigenvalue weighted by atomic mass is 32.2. The fraction of sp³-hybridized carbons (Fsp3) is 0.304. The number of amides is 2. The average Bonchev–Trinajstić information content (AvgIpc) is 3.37. The van der Waals surface area contributed by atoms with E-state index in [4.69, 9.17) is 0 Å². The summed E-state index contributed by atoms with van der Waals surface area (Å²) >= 11 is 1.65. The molecule has 2 aliphatic rings. The smallest absolute Gasteiger partial charge is 0.274 e. The van der Waals surface area contributed by atoms with Crippen LogP contribution in [-0.4, -0.2) is 77.0 Å². The van der Waals surface area contributed by atoms with Crippen LogP contribution in [0.25, 0.3) is 0 Å². The molecular formula is C23H23N5O4S2. The van der Waals surface area contributed by atoms with Gasteiger partial charge >= 0.3 is 0 Å². The van der Waals surface area contributed by atoms with E-state index in [1.807, 2.05) is 11.4 Å². The molecule has 0 spiro atoms. The molecule has 0 aliphatic carbocycles. The van der Waals surface area contributed by atoms with Gasteiger partial charge in [0.05, 0.1) is 11.1 Å². The van der Waals surface area contributed by atoms with Crippen LogP contribution in [0.4, 0.5) is 0 Å². The molecule has 11 heteroatoms. The van der Waals surface area contributed by atoms with Gasteiger partial charge in [-0.1, -0.05) is 6.07 Å². The van der Waals surface area contributed by atoms with E-state index in [0.29, 0.717) is 51.3 Å². The van der Waals surface area contributed by atoms with E-state index in [1.165, 1.54) is 39.9 Å². The fourth-order valence-electron chi connectivity index (χ4n) is 4.23. The number of fused-ring (bicyclic) bond motifs is 1. The molecule has 1 aromatic carbocycles. The highest BCUT2D eigenvalue weighted by Gasteiger charge is 2.30. The second kappa shape index (κ2) is 9.24. The summed E-state index contributed by atoms with van der Waals surface area (Å²) in [5.41, 5.74) is 1.64. The van der Waals surface area contributed by atoms with Crippen LogP contribution < -0.4 is 0 Å². The molecule has 0 bridgehead atoms. The Kier molecular flexibility index (Phi) is 6.15. The molecule has 0 saturated carbocycles. The molecule has 5 rings (SSSR count). The molecule has 0 unspecified atom stereocenters. The van der Waals surface area contributed by atoms with E-state index in [9.17, 15) is 18.0 Å². The van der Waals surface area contributed by atoms with Gasteiger partial charge in [0.15, 0.2) is 0 Å². The van der Waals surface area contributed by atoms with Crippen LogP contribution >= 0.6 is 11.3 Å². The van der Waals surface area contributed by atoms with Crippen LogP contribution in [0.3, 0.4) is 0 Å². The summed E-state index contributed by atoms with van der Waals surface area (Å²) < 4.78 is 28.0. The average molecular weight is 498 g/mol. The molecule has 1 fully saturated rings. The molecule has 176 valence electrons. The summed E-state index contributed by atoms with van der Waals surface area (Å²) in [7, 11) is -3.72. The van der Waals surface area contributed by atoms with Crippen molar-refractivity contribution in [3.05, 3.63) is 76.0 Å². The summed E-state index contributed by atoms with van der Waals surface area (Å²) in [5, 5.41) is 1.99. The SMILES string of the molecule is O=C(c1cccc(S(=O)(=O)N2CCc3sccc3C2)c1)N1CCN(C(=O)c2cnccn2)CC1. The lowest BCUT2D eigenvalue weighted by atomic mass is 10.1. The quantitative estimate of drug-likeness (QED) is 0.545. The highest BCUT2D eigenvalue weighted by molar-refractivity contribution is 7.89. The van der Waals surface area contributed by atoms with Crippen molar-refractivity contribution >= 4 is 33.2 Å². The number of rotatable bonds is 4. The van der Waals surface area contributed by atoms with E-state index in [1.54, 1.807) is 33.3 Å². The van der Waals surface area contributed by atoms with Crippen molar-refractivity contribution in [1.29, 1.82) is 0 Å². The summed E-state index contributed by atoms with van der Waals surface area (Å²) in [6, 6.07) is 8.20. The molecule has 1 saturated heterocycles. The number of aromatic nitrogens is 2. The molecule has 0 N–H and O–H groups in total. The molecule has 34 heavy (non-hydrogen) atoms. The van der Waals surface area contributed by atoms with E-state index in [0.717, 1.165) is 5.56 Å². The van der Waals surface area contributed by atoms with Crippen LogP contribution in [0.2, 0.25) is 0 Å². The van der Waals surface area contributed by atoms with Crippen molar-refractivity contribution in [1.82, 2.24) is 24.1 Å². The topological polar surface area (TPSA) is 104 Å². The van der Waals surface area contributed by atoms with Crippen LogP contribution in [0.5, 0.6) is 0 Å². The maximum atomic E-state index is 13.3. The summed E-state index contributed by atoms with van der Waals surface area (Å²) in [6.45, 7) is 2.23. The number of carbonyl (C=O) groups is 2. The molecule has 2 aromatic heterocycles. The van der Waals surface area contributed by atoms with Crippen molar-refractivity contribution in [2.75, 3.05) is 32.7 Å². The molecular weight excluding hydrogens is 474 g/mol. The number of sulfonamides is 1. The number of hydrogen-bond acceptors (Lipinski definition) is 7. The number of hydrogen-bond donors (Lipinski definition) is 0. The first kappa shape index (κ1) is 22.6. The van der Waals surface area contributed by atoms with E-state index >= 15 is 0 Å². The van der Waals surface area contributed by atoms with Gasteiger partial charge in [-0.05, 0) is 41.6 Å². The first-order chi connectivity index (χ1) is 16.4. The summed E-state index contributed by atoms with van der Waals surface area (Å²) in [5.74, 6) is -0.467. The Morgan fingerprint density at radius 2 is 1.71 bits per heavy atom. The van der Waals surface area contributed by atoms with Gasteiger partial charge in [0.1, 0.15) is 5.69 Å². The largest absolute Gasteiger partial charge is 0.335 e. The van der Waals surface area contributed by atoms with Crippen molar-refractivity contribution in [3.8, 4) is 0 Å². The minimum Gasteiger partial charge on any atom is -0.335 e. The first-order valence-corrected chi connectivity index (χ1v) is 13.3. The lowest BCUT2D eigenvalue weighted by molar-refractivity contribution is 0.0532. The second-order valence-electron chi connectivity index (χ2n) is 8.16. The highest BCUT2D eigenvalue weighted by Crippen LogP contribution is 2.28. The third-order valence-electron chi connectivity index (χ3n) is 6.13. The Bertz CT molecular complexity index is 1320. The zero-order chi connectivity index (χ0) is 23.7. The van der Waals surface area contributed by atoms with Gasteiger partial charge in [-0.25, -0.2) is 13.4 Å². The van der Waals surface area contributed by atoms with Gasteiger partial charge in [0.2, 0.25) is 10.0 Å². The third kappa shape index (κ3) is 4.33. The molecule has 2 amide bonds. The van der Waals surface area contributed by atoms with Crippen molar-refractivity contribution in [2.45, 2.75) is 17.9 Å². The minimum absolute atomic E-state index is 0.119. The van der Waals surface area contributed by atoms with Gasteiger partial charge in [0, 0.05) is 62.1 Å². The van der Waals surface area contributed by atoms with Gasteiger partial charge in [-0.2, -0.15) is 4.31 Å². The van der Waals surface area contributed by atoms with E-state index in [-0.39, 0.29) is 22.4 Å². The zero-order valence-corrected chi connectivity index (χ0v) is 20.0. The predicted octanol–water partition coefficient (Wildman–Crippen LogP) is 1.88. The molecule has 9 nitrogen and oxygen atoms in total. The van der Waals surface area contributed by atoms with Crippen molar-refractivity contribution in [2.24, 2.45) is 0 Å². The lowest BCUT2D eigenvalue weighted by Crippen LogP contribution is -2.50. The van der Waals surface area contributed by atoms with E-state index < -0.39 is 10.0 Å². The van der Waals surface area contributed by atoms with Crippen molar-refractivity contribution < 1.29 is 18.0 Å². The zero-order valence-electron chi connectivity index (χ0n) is 18.3. The molecule has 4 heterocycles. The molecule has 0 atom stereocenters. The van der Waals surface area contributed by atoms with Gasteiger partial charge in [0.25, 0.3) is 11.8 Å². The van der Waals surface area contributed by atoms with Gasteiger partial charge in [-0.3, -0.25) is 14.6 Å². The maximum absolute atomic E-state index is 13.3. The third-order valence-corrected chi connectivity index (χ3v) is 8.99. The molecule has 2 aliphatic heterocycles. The predicted molar refractivity (Wildman–Crippen MR) is 126 cm³/mol. The van der Waals surface area contributed by atoms with Crippen LogP contribution in [0.1, 0.15) is 31.3 Å². The van der Waals surface area contributed by atoms with Crippen LogP contribution in [-0.2, 0) is 23.0 Å². The van der Waals surface area contributed by atoms with Crippen LogP contribution in [0.15, 0.2) is 59.2 Å². The standard InChI is InChI=1S/C23H23N5O4S2/c29-22(26-9-11-27(12-10-26)23(30)20-15-24-6-7-25-20)17-2-1-3-19(14-17)34(31,32)28-8-4-21-18(16-28)5-13-33-21/h1-3,5-7,13-15H,4,8-12,16H2. The minimum atomic E-state index is -3.72. The Morgan fingerprint density at radius 3 is 2.44 bits per heavy atom.